The number of carbonyl (C=O) groups excluding carboxylic acids is 1. The first-order chi connectivity index (χ1) is 9.70. The third kappa shape index (κ3) is 3.64. The first-order valence-electron chi connectivity index (χ1n) is 5.78. The van der Waals surface area contributed by atoms with Gasteiger partial charge >= 0.3 is 0 Å². The van der Waals surface area contributed by atoms with Crippen molar-refractivity contribution in [3.05, 3.63) is 58.3 Å². The van der Waals surface area contributed by atoms with Crippen LogP contribution in [-0.4, -0.2) is 24.2 Å². The zero-order valence-electron chi connectivity index (χ0n) is 10.7. The maximum atomic E-state index is 12.0. The largest absolute Gasteiger partial charge is 0.496 e. The minimum Gasteiger partial charge on any atom is -0.496 e. The number of hydrazone groups is 1. The van der Waals surface area contributed by atoms with E-state index in [4.69, 9.17) is 4.74 Å². The monoisotopic (exact) mass is 333 g/mol. The number of methoxy groups -OCH3 is 1. The van der Waals surface area contributed by atoms with Crippen LogP contribution in [0, 0.1) is 0 Å². The highest BCUT2D eigenvalue weighted by molar-refractivity contribution is 9.10. The third-order valence-corrected chi connectivity index (χ3v) is 2.95. The lowest BCUT2D eigenvalue weighted by Gasteiger charge is -2.07. The predicted octanol–water partition coefficient (Wildman–Crippen LogP) is 2.62. The number of hydrogen-bond acceptors (Lipinski definition) is 4. The second-order valence-corrected chi connectivity index (χ2v) is 4.71. The van der Waals surface area contributed by atoms with Gasteiger partial charge in [-0.3, -0.25) is 9.78 Å². The predicted molar refractivity (Wildman–Crippen MR) is 80.0 cm³/mol. The van der Waals surface area contributed by atoms with Crippen LogP contribution in [-0.2, 0) is 0 Å². The van der Waals surface area contributed by atoms with Crippen LogP contribution >= 0.6 is 15.9 Å². The van der Waals surface area contributed by atoms with Gasteiger partial charge in [0.05, 0.1) is 24.6 Å². The standard InChI is InChI=1S/C14H12BrN3O2/c1-20-13-6-5-10(15)8-12(13)14(19)18-17-9-11-4-2-3-7-16-11/h2-9H,1H3,(H,18,19). The van der Waals surface area contributed by atoms with Crippen molar-refractivity contribution in [2.75, 3.05) is 7.11 Å². The summed E-state index contributed by atoms with van der Waals surface area (Å²) in [6, 6.07) is 10.6. The van der Waals surface area contributed by atoms with Gasteiger partial charge in [0.1, 0.15) is 5.75 Å². The molecule has 102 valence electrons. The maximum absolute atomic E-state index is 12.0. The van der Waals surface area contributed by atoms with E-state index in [0.717, 1.165) is 4.47 Å². The Balaban J connectivity index is 2.09. The first-order valence-corrected chi connectivity index (χ1v) is 6.58. The van der Waals surface area contributed by atoms with Crippen LogP contribution < -0.4 is 10.2 Å². The Labute approximate surface area is 124 Å². The van der Waals surface area contributed by atoms with Crippen molar-refractivity contribution in [1.29, 1.82) is 0 Å². The molecule has 0 aliphatic rings. The number of hydrogen-bond donors (Lipinski definition) is 1. The van der Waals surface area contributed by atoms with E-state index in [-0.39, 0.29) is 5.91 Å². The number of nitrogens with zero attached hydrogens (tertiary/aromatic N) is 2. The summed E-state index contributed by atoms with van der Waals surface area (Å²) in [5.41, 5.74) is 3.50. The van der Waals surface area contributed by atoms with Crippen LogP contribution in [0.4, 0.5) is 0 Å². The second-order valence-electron chi connectivity index (χ2n) is 3.80. The van der Waals surface area contributed by atoms with Gasteiger partial charge in [-0.15, -0.1) is 0 Å². The highest BCUT2D eigenvalue weighted by atomic mass is 79.9. The molecule has 1 aromatic carbocycles. The van der Waals surface area contributed by atoms with Crippen LogP contribution in [0.15, 0.2) is 52.2 Å². The molecule has 1 aromatic heterocycles. The molecule has 2 aromatic rings. The van der Waals surface area contributed by atoms with Crippen molar-refractivity contribution in [1.82, 2.24) is 10.4 Å². The third-order valence-electron chi connectivity index (χ3n) is 2.46. The van der Waals surface area contributed by atoms with Crippen molar-refractivity contribution in [2.24, 2.45) is 5.10 Å². The lowest BCUT2D eigenvalue weighted by Crippen LogP contribution is -2.18. The van der Waals surface area contributed by atoms with Crippen LogP contribution in [0.1, 0.15) is 16.1 Å². The zero-order chi connectivity index (χ0) is 14.4. The number of rotatable bonds is 4. The molecule has 20 heavy (non-hydrogen) atoms. The van der Waals surface area contributed by atoms with Gasteiger partial charge in [-0.25, -0.2) is 5.43 Å². The van der Waals surface area contributed by atoms with E-state index in [1.807, 2.05) is 12.1 Å². The van der Waals surface area contributed by atoms with E-state index in [0.29, 0.717) is 17.0 Å². The van der Waals surface area contributed by atoms with Crippen molar-refractivity contribution in [2.45, 2.75) is 0 Å². The Hall–Kier alpha value is -2.21. The van der Waals surface area contributed by atoms with E-state index in [1.54, 1.807) is 30.5 Å². The Morgan fingerprint density at radius 2 is 2.25 bits per heavy atom. The van der Waals surface area contributed by atoms with Crippen LogP contribution in [0.5, 0.6) is 5.75 Å². The average molecular weight is 334 g/mol. The Kier molecular flexibility index (Phi) is 4.84. The smallest absolute Gasteiger partial charge is 0.275 e. The second kappa shape index (κ2) is 6.81. The summed E-state index contributed by atoms with van der Waals surface area (Å²) in [6.45, 7) is 0. The number of halogens is 1. The fourth-order valence-electron chi connectivity index (χ4n) is 1.53. The molecule has 1 N–H and O–H groups in total. The summed E-state index contributed by atoms with van der Waals surface area (Å²) >= 11 is 3.31. The normalized spacial score (nSPS) is 10.5. The number of benzene rings is 1. The Bertz CT molecular complexity index is 630. The molecule has 0 unspecified atom stereocenters. The molecule has 0 fully saturated rings. The van der Waals surface area contributed by atoms with Gasteiger partial charge in [0.15, 0.2) is 0 Å². The van der Waals surface area contributed by atoms with Crippen LogP contribution in [0.25, 0.3) is 0 Å². The topological polar surface area (TPSA) is 63.6 Å². The van der Waals surface area contributed by atoms with Crippen LogP contribution in [0.3, 0.4) is 0 Å². The van der Waals surface area contributed by atoms with Gasteiger partial charge in [0.25, 0.3) is 5.91 Å². The molecule has 0 spiro atoms. The van der Waals surface area contributed by atoms with Gasteiger partial charge in [0, 0.05) is 10.7 Å². The van der Waals surface area contributed by atoms with Crippen LogP contribution in [0.2, 0.25) is 0 Å². The summed E-state index contributed by atoms with van der Waals surface area (Å²) < 4.78 is 5.93. The van der Waals surface area contributed by atoms with Crippen molar-refractivity contribution in [3.8, 4) is 5.75 Å². The molecule has 1 heterocycles. The zero-order valence-corrected chi connectivity index (χ0v) is 12.3. The highest BCUT2D eigenvalue weighted by Gasteiger charge is 2.11. The molecule has 0 bridgehead atoms. The summed E-state index contributed by atoms with van der Waals surface area (Å²) in [5.74, 6) is 0.133. The molecule has 2 rings (SSSR count). The minimum absolute atomic E-state index is 0.352. The first kappa shape index (κ1) is 14.2. The Morgan fingerprint density at radius 1 is 1.40 bits per heavy atom. The van der Waals surface area contributed by atoms with E-state index < -0.39 is 0 Å². The molecule has 0 radical (unpaired) electrons. The highest BCUT2D eigenvalue weighted by Crippen LogP contribution is 2.22. The number of amides is 1. The van der Waals surface area contributed by atoms with E-state index in [1.165, 1.54) is 13.3 Å². The van der Waals surface area contributed by atoms with E-state index >= 15 is 0 Å². The molecule has 1 amide bonds. The minimum atomic E-state index is -0.352. The molecule has 5 nitrogen and oxygen atoms in total. The Morgan fingerprint density at radius 3 is 2.95 bits per heavy atom. The van der Waals surface area contributed by atoms with Gasteiger partial charge < -0.3 is 4.74 Å². The number of carbonyl (C=O) groups is 1. The van der Waals surface area contributed by atoms with Crippen molar-refractivity contribution >= 4 is 28.1 Å². The van der Waals surface area contributed by atoms with Gasteiger partial charge in [-0.2, -0.15) is 5.10 Å². The van der Waals surface area contributed by atoms with E-state index in [9.17, 15) is 4.79 Å². The molecular weight excluding hydrogens is 322 g/mol. The fourth-order valence-corrected chi connectivity index (χ4v) is 1.89. The van der Waals surface area contributed by atoms with Gasteiger partial charge in [-0.1, -0.05) is 22.0 Å². The molecular formula is C14H12BrN3O2. The number of ether oxygens (including phenoxy) is 1. The summed E-state index contributed by atoms with van der Waals surface area (Å²) in [7, 11) is 1.51. The number of aromatic nitrogens is 1. The summed E-state index contributed by atoms with van der Waals surface area (Å²) in [6.07, 6.45) is 3.13. The molecule has 0 saturated heterocycles. The maximum Gasteiger partial charge on any atom is 0.275 e. The van der Waals surface area contributed by atoms with Gasteiger partial charge in [-0.05, 0) is 30.3 Å². The lowest BCUT2D eigenvalue weighted by molar-refractivity contribution is 0.0952. The lowest BCUT2D eigenvalue weighted by atomic mass is 10.2. The summed E-state index contributed by atoms with van der Waals surface area (Å²) in [4.78, 5) is 16.1. The summed E-state index contributed by atoms with van der Waals surface area (Å²) in [5, 5.41) is 3.87. The molecule has 6 heteroatoms. The van der Waals surface area contributed by atoms with Gasteiger partial charge in [0.2, 0.25) is 0 Å². The average Bonchev–Trinajstić information content (AvgIpc) is 2.48. The SMILES string of the molecule is COc1ccc(Br)cc1C(=O)NN=Cc1ccccn1. The quantitative estimate of drug-likeness (QED) is 0.691. The molecule has 0 aliphatic carbocycles. The number of nitrogens with one attached hydrogen (secondary N) is 1. The number of pyridine rings is 1. The van der Waals surface area contributed by atoms with E-state index in [2.05, 4.69) is 31.4 Å². The van der Waals surface area contributed by atoms with Crippen molar-refractivity contribution in [3.63, 3.8) is 0 Å². The molecule has 0 atom stereocenters. The fraction of sp³-hybridized carbons (Fsp3) is 0.0714. The van der Waals surface area contributed by atoms with Crippen molar-refractivity contribution < 1.29 is 9.53 Å². The molecule has 0 aliphatic heterocycles. The molecule has 0 saturated carbocycles.